The fraction of sp³-hybridized carbons (Fsp3) is 0.0500. The first-order valence-corrected chi connectivity index (χ1v) is 8.05. The number of aromatic amines is 1. The first-order chi connectivity index (χ1) is 12.2. The standard InChI is InChI=1S/C20H13N3O2/c24-23(25)15-7-5-12(6-8-15)20-21-18-10-14-9-13-3-1-2-4-16(13)17(14)11-19(18)22-20/h1-8,10-11H,9H2,(H,21,22). The van der Waals surface area contributed by atoms with Crippen LogP contribution in [0.15, 0.2) is 60.7 Å². The number of nitrogens with zero attached hydrogens (tertiary/aromatic N) is 2. The number of nitro groups is 1. The zero-order valence-corrected chi connectivity index (χ0v) is 13.2. The molecule has 0 unspecified atom stereocenters. The maximum absolute atomic E-state index is 10.8. The molecule has 1 aromatic heterocycles. The fourth-order valence-corrected chi connectivity index (χ4v) is 3.52. The van der Waals surface area contributed by atoms with E-state index in [1.54, 1.807) is 12.1 Å². The van der Waals surface area contributed by atoms with E-state index in [0.717, 1.165) is 28.8 Å². The molecule has 0 bridgehead atoms. The van der Waals surface area contributed by atoms with Gasteiger partial charge in [-0.15, -0.1) is 0 Å². The molecule has 25 heavy (non-hydrogen) atoms. The number of H-pyrrole nitrogens is 1. The van der Waals surface area contributed by atoms with Gasteiger partial charge in [0.2, 0.25) is 0 Å². The monoisotopic (exact) mass is 327 g/mol. The SMILES string of the molecule is O=[N+]([O-])c1ccc(-c2nc3cc4c(cc3[nH]2)Cc2ccccc2-4)cc1. The highest BCUT2D eigenvalue weighted by Gasteiger charge is 2.19. The topological polar surface area (TPSA) is 71.8 Å². The normalized spacial score (nSPS) is 12.2. The van der Waals surface area contributed by atoms with Gasteiger partial charge in [0.1, 0.15) is 5.82 Å². The molecule has 120 valence electrons. The van der Waals surface area contributed by atoms with E-state index in [4.69, 9.17) is 0 Å². The second kappa shape index (κ2) is 5.01. The summed E-state index contributed by atoms with van der Waals surface area (Å²) in [7, 11) is 0. The highest BCUT2D eigenvalue weighted by atomic mass is 16.6. The van der Waals surface area contributed by atoms with Crippen molar-refractivity contribution >= 4 is 16.7 Å². The summed E-state index contributed by atoms with van der Waals surface area (Å²) in [6.07, 6.45) is 0.938. The van der Waals surface area contributed by atoms with Gasteiger partial charge in [-0.25, -0.2) is 4.98 Å². The van der Waals surface area contributed by atoms with Gasteiger partial charge in [-0.3, -0.25) is 10.1 Å². The summed E-state index contributed by atoms with van der Waals surface area (Å²) in [5.41, 5.74) is 7.97. The van der Waals surface area contributed by atoms with Gasteiger partial charge in [-0.2, -0.15) is 0 Å². The Morgan fingerprint density at radius 2 is 1.76 bits per heavy atom. The summed E-state index contributed by atoms with van der Waals surface area (Å²) in [5.74, 6) is 0.724. The average molecular weight is 327 g/mol. The minimum absolute atomic E-state index is 0.0791. The number of non-ortho nitro benzene ring substituents is 1. The molecule has 0 fully saturated rings. The van der Waals surface area contributed by atoms with Crippen LogP contribution >= 0.6 is 0 Å². The molecule has 4 aromatic rings. The van der Waals surface area contributed by atoms with Crippen LogP contribution in [0, 0.1) is 10.1 Å². The van der Waals surface area contributed by atoms with E-state index < -0.39 is 4.92 Å². The number of nitro benzene ring substituents is 1. The van der Waals surface area contributed by atoms with Crippen LogP contribution in [0.25, 0.3) is 33.5 Å². The first kappa shape index (κ1) is 13.9. The smallest absolute Gasteiger partial charge is 0.269 e. The maximum Gasteiger partial charge on any atom is 0.269 e. The van der Waals surface area contributed by atoms with Gasteiger partial charge in [-0.05, 0) is 52.9 Å². The minimum atomic E-state index is -0.398. The predicted molar refractivity (Wildman–Crippen MR) is 96.4 cm³/mol. The van der Waals surface area contributed by atoms with Crippen LogP contribution < -0.4 is 0 Å². The van der Waals surface area contributed by atoms with Crippen molar-refractivity contribution in [3.05, 3.63) is 81.9 Å². The van der Waals surface area contributed by atoms with Gasteiger partial charge in [0, 0.05) is 17.7 Å². The minimum Gasteiger partial charge on any atom is -0.338 e. The summed E-state index contributed by atoms with van der Waals surface area (Å²) in [4.78, 5) is 18.4. The Balaban J connectivity index is 1.61. The summed E-state index contributed by atoms with van der Waals surface area (Å²) in [6.45, 7) is 0. The number of nitrogens with one attached hydrogen (secondary N) is 1. The summed E-state index contributed by atoms with van der Waals surface area (Å²) >= 11 is 0. The molecule has 0 spiro atoms. The highest BCUT2D eigenvalue weighted by Crippen LogP contribution is 2.38. The van der Waals surface area contributed by atoms with Crippen molar-refractivity contribution in [1.82, 2.24) is 9.97 Å². The van der Waals surface area contributed by atoms with Gasteiger partial charge >= 0.3 is 0 Å². The second-order valence-corrected chi connectivity index (χ2v) is 6.25. The van der Waals surface area contributed by atoms with Gasteiger partial charge in [0.05, 0.1) is 16.0 Å². The number of imidazole rings is 1. The molecule has 1 heterocycles. The Hall–Kier alpha value is -3.47. The largest absolute Gasteiger partial charge is 0.338 e. The number of fused-ring (bicyclic) bond motifs is 4. The quantitative estimate of drug-likeness (QED) is 0.377. The van der Waals surface area contributed by atoms with Crippen molar-refractivity contribution in [3.8, 4) is 22.5 Å². The maximum atomic E-state index is 10.8. The Morgan fingerprint density at radius 1 is 0.960 bits per heavy atom. The van der Waals surface area contributed by atoms with E-state index in [2.05, 4.69) is 46.4 Å². The van der Waals surface area contributed by atoms with E-state index in [1.165, 1.54) is 34.4 Å². The Bertz CT molecular complexity index is 1140. The van der Waals surface area contributed by atoms with Crippen LogP contribution in [0.3, 0.4) is 0 Å². The molecule has 1 aliphatic rings. The molecule has 3 aromatic carbocycles. The summed E-state index contributed by atoms with van der Waals surface area (Å²) in [6, 6.07) is 19.2. The molecule has 1 N–H and O–H groups in total. The zero-order chi connectivity index (χ0) is 17.0. The lowest BCUT2D eigenvalue weighted by molar-refractivity contribution is -0.384. The van der Waals surface area contributed by atoms with Gasteiger partial charge < -0.3 is 4.98 Å². The van der Waals surface area contributed by atoms with Crippen LogP contribution in [-0.4, -0.2) is 14.9 Å². The number of hydrogen-bond acceptors (Lipinski definition) is 3. The van der Waals surface area contributed by atoms with Crippen LogP contribution in [-0.2, 0) is 6.42 Å². The number of benzene rings is 3. The molecule has 0 saturated carbocycles. The number of aromatic nitrogens is 2. The summed E-state index contributed by atoms with van der Waals surface area (Å²) < 4.78 is 0. The van der Waals surface area contributed by atoms with Crippen molar-refractivity contribution in [2.45, 2.75) is 6.42 Å². The molecule has 0 saturated heterocycles. The molecule has 5 nitrogen and oxygen atoms in total. The highest BCUT2D eigenvalue weighted by molar-refractivity contribution is 5.89. The average Bonchev–Trinajstić information content (AvgIpc) is 3.20. The Morgan fingerprint density at radius 3 is 2.56 bits per heavy atom. The lowest BCUT2D eigenvalue weighted by atomic mass is 10.1. The molecule has 0 aliphatic heterocycles. The van der Waals surface area contributed by atoms with E-state index >= 15 is 0 Å². The van der Waals surface area contributed by atoms with E-state index in [-0.39, 0.29) is 5.69 Å². The zero-order valence-electron chi connectivity index (χ0n) is 13.2. The third-order valence-corrected chi connectivity index (χ3v) is 4.75. The van der Waals surface area contributed by atoms with E-state index in [9.17, 15) is 10.1 Å². The second-order valence-electron chi connectivity index (χ2n) is 6.25. The van der Waals surface area contributed by atoms with Crippen molar-refractivity contribution in [3.63, 3.8) is 0 Å². The van der Waals surface area contributed by atoms with Crippen molar-refractivity contribution in [2.24, 2.45) is 0 Å². The Labute approximate surface area is 143 Å². The van der Waals surface area contributed by atoms with Crippen LogP contribution in [0.1, 0.15) is 11.1 Å². The molecule has 5 rings (SSSR count). The van der Waals surface area contributed by atoms with Gasteiger partial charge in [-0.1, -0.05) is 24.3 Å². The molecule has 1 aliphatic carbocycles. The third kappa shape index (κ3) is 2.13. The predicted octanol–water partition coefficient (Wildman–Crippen LogP) is 4.71. The van der Waals surface area contributed by atoms with Crippen LogP contribution in [0.5, 0.6) is 0 Å². The lowest BCUT2D eigenvalue weighted by Gasteiger charge is -1.99. The van der Waals surface area contributed by atoms with Crippen molar-refractivity contribution < 1.29 is 4.92 Å². The third-order valence-electron chi connectivity index (χ3n) is 4.75. The molecular formula is C20H13N3O2. The van der Waals surface area contributed by atoms with Gasteiger partial charge in [0.25, 0.3) is 5.69 Å². The Kier molecular flexibility index (Phi) is 2.79. The van der Waals surface area contributed by atoms with E-state index in [1.807, 2.05) is 0 Å². The van der Waals surface area contributed by atoms with Gasteiger partial charge in [0.15, 0.2) is 0 Å². The first-order valence-electron chi connectivity index (χ1n) is 8.05. The number of rotatable bonds is 2. The molecule has 0 atom stereocenters. The van der Waals surface area contributed by atoms with Crippen LogP contribution in [0.4, 0.5) is 5.69 Å². The molecule has 5 heteroatoms. The van der Waals surface area contributed by atoms with E-state index in [0.29, 0.717) is 0 Å². The lowest BCUT2D eigenvalue weighted by Crippen LogP contribution is -1.87. The molecule has 0 amide bonds. The van der Waals surface area contributed by atoms with Crippen LogP contribution in [0.2, 0.25) is 0 Å². The van der Waals surface area contributed by atoms with Crippen molar-refractivity contribution in [2.75, 3.05) is 0 Å². The van der Waals surface area contributed by atoms with Crippen molar-refractivity contribution in [1.29, 1.82) is 0 Å². The fourth-order valence-electron chi connectivity index (χ4n) is 3.52. The summed E-state index contributed by atoms with van der Waals surface area (Å²) in [5, 5.41) is 10.8. The number of hydrogen-bond donors (Lipinski definition) is 1. The molecular weight excluding hydrogens is 314 g/mol. The molecule has 0 radical (unpaired) electrons.